The summed E-state index contributed by atoms with van der Waals surface area (Å²) >= 11 is 3.29. The summed E-state index contributed by atoms with van der Waals surface area (Å²) in [6, 6.07) is 3.37. The summed E-state index contributed by atoms with van der Waals surface area (Å²) in [6.45, 7) is 2.36. The van der Waals surface area contributed by atoms with E-state index < -0.39 is 23.1 Å². The maximum absolute atomic E-state index is 13.3. The van der Waals surface area contributed by atoms with Crippen molar-refractivity contribution in [3.8, 4) is 0 Å². The van der Waals surface area contributed by atoms with Crippen LogP contribution in [0.2, 0.25) is 0 Å². The second kappa shape index (κ2) is 6.69. The maximum Gasteiger partial charge on any atom is 0.257 e. The highest BCUT2D eigenvalue weighted by atomic mass is 79.9. The lowest BCUT2D eigenvalue weighted by Crippen LogP contribution is -2.29. The largest absolute Gasteiger partial charge is 0.352 e. The zero-order valence-electron chi connectivity index (χ0n) is 9.47. The number of amides is 1. The standard InChI is InChI=1S/C12H14BrF2NO/c1-8(5-6-13)7-16-12(17)11-9(14)3-2-4-10(11)15/h2-4,8H,5-7H2,1H3,(H,16,17). The third-order valence-corrected chi connectivity index (χ3v) is 2.86. The molecule has 0 fully saturated rings. The monoisotopic (exact) mass is 305 g/mol. The minimum Gasteiger partial charge on any atom is -0.352 e. The number of carbonyl (C=O) groups excluding carboxylic acids is 1. The third kappa shape index (κ3) is 4.07. The number of hydrogen-bond acceptors (Lipinski definition) is 1. The summed E-state index contributed by atoms with van der Waals surface area (Å²) in [7, 11) is 0. The minimum atomic E-state index is -0.837. The second-order valence-corrected chi connectivity index (χ2v) is 4.68. The highest BCUT2D eigenvalue weighted by Gasteiger charge is 2.16. The lowest BCUT2D eigenvalue weighted by atomic mass is 10.1. The number of rotatable bonds is 5. The predicted octanol–water partition coefficient (Wildman–Crippen LogP) is 3.12. The molecule has 0 saturated heterocycles. The number of hydrogen-bond donors (Lipinski definition) is 1. The van der Waals surface area contributed by atoms with Gasteiger partial charge in [-0.15, -0.1) is 0 Å². The predicted molar refractivity (Wildman–Crippen MR) is 66.3 cm³/mol. The van der Waals surface area contributed by atoms with Gasteiger partial charge in [0.05, 0.1) is 0 Å². The summed E-state index contributed by atoms with van der Waals surface area (Å²) in [4.78, 5) is 11.6. The molecule has 5 heteroatoms. The van der Waals surface area contributed by atoms with Gasteiger partial charge >= 0.3 is 0 Å². The van der Waals surface area contributed by atoms with Gasteiger partial charge in [-0.05, 0) is 24.5 Å². The van der Waals surface area contributed by atoms with E-state index in [0.717, 1.165) is 23.9 Å². The van der Waals surface area contributed by atoms with Crippen LogP contribution in [0.3, 0.4) is 0 Å². The SMILES string of the molecule is CC(CCBr)CNC(=O)c1c(F)cccc1F. The summed E-state index contributed by atoms with van der Waals surface area (Å²) in [6.07, 6.45) is 0.889. The number of carbonyl (C=O) groups is 1. The molecule has 1 N–H and O–H groups in total. The van der Waals surface area contributed by atoms with Gasteiger partial charge in [0.15, 0.2) is 0 Å². The van der Waals surface area contributed by atoms with Crippen LogP contribution in [0, 0.1) is 17.6 Å². The van der Waals surface area contributed by atoms with E-state index in [9.17, 15) is 13.6 Å². The lowest BCUT2D eigenvalue weighted by Gasteiger charge is -2.11. The summed E-state index contributed by atoms with van der Waals surface area (Å²) in [5.74, 6) is -2.12. The first kappa shape index (κ1) is 14.1. The van der Waals surface area contributed by atoms with E-state index in [1.54, 1.807) is 0 Å². The smallest absolute Gasteiger partial charge is 0.257 e. The van der Waals surface area contributed by atoms with Crippen LogP contribution < -0.4 is 5.32 Å². The normalized spacial score (nSPS) is 12.2. The molecule has 1 aromatic carbocycles. The second-order valence-electron chi connectivity index (χ2n) is 3.89. The van der Waals surface area contributed by atoms with Gasteiger partial charge in [-0.1, -0.05) is 28.9 Å². The fourth-order valence-corrected chi connectivity index (χ4v) is 2.14. The molecule has 0 radical (unpaired) electrons. The Labute approximate surface area is 108 Å². The molecule has 0 spiro atoms. The van der Waals surface area contributed by atoms with Crippen LogP contribution in [0.1, 0.15) is 23.7 Å². The topological polar surface area (TPSA) is 29.1 Å². The van der Waals surface area contributed by atoms with Crippen molar-refractivity contribution in [3.63, 3.8) is 0 Å². The average Bonchev–Trinajstić information content (AvgIpc) is 2.26. The van der Waals surface area contributed by atoms with Gasteiger partial charge < -0.3 is 5.32 Å². The Morgan fingerprint density at radius 2 is 2.00 bits per heavy atom. The maximum atomic E-state index is 13.3. The van der Waals surface area contributed by atoms with Gasteiger partial charge in [-0.3, -0.25) is 4.79 Å². The average molecular weight is 306 g/mol. The van der Waals surface area contributed by atoms with Gasteiger partial charge in [0.1, 0.15) is 17.2 Å². The van der Waals surface area contributed by atoms with E-state index in [1.807, 2.05) is 6.92 Å². The van der Waals surface area contributed by atoms with Crippen LogP contribution in [-0.4, -0.2) is 17.8 Å². The quantitative estimate of drug-likeness (QED) is 0.832. The van der Waals surface area contributed by atoms with Crippen molar-refractivity contribution in [2.75, 3.05) is 11.9 Å². The Bertz CT molecular complexity index is 378. The molecular weight excluding hydrogens is 292 g/mol. The fourth-order valence-electron chi connectivity index (χ4n) is 1.36. The van der Waals surface area contributed by atoms with E-state index >= 15 is 0 Å². The molecule has 0 aliphatic carbocycles. The molecule has 94 valence electrons. The zero-order chi connectivity index (χ0) is 12.8. The van der Waals surface area contributed by atoms with Gasteiger partial charge in [0, 0.05) is 11.9 Å². The molecule has 0 heterocycles. The Balaban J connectivity index is 2.64. The van der Waals surface area contributed by atoms with Gasteiger partial charge in [0.25, 0.3) is 5.91 Å². The van der Waals surface area contributed by atoms with Crippen molar-refractivity contribution in [1.29, 1.82) is 0 Å². The van der Waals surface area contributed by atoms with E-state index in [2.05, 4.69) is 21.2 Å². The van der Waals surface area contributed by atoms with Crippen molar-refractivity contribution >= 4 is 21.8 Å². The molecule has 1 aromatic rings. The van der Waals surface area contributed by atoms with Crippen molar-refractivity contribution < 1.29 is 13.6 Å². The lowest BCUT2D eigenvalue weighted by molar-refractivity contribution is 0.0939. The molecule has 0 bridgehead atoms. The first-order chi connectivity index (χ1) is 8.06. The Kier molecular flexibility index (Phi) is 5.55. The molecule has 1 rings (SSSR count). The number of alkyl halides is 1. The van der Waals surface area contributed by atoms with E-state index in [4.69, 9.17) is 0 Å². The molecule has 1 atom stereocenters. The molecule has 0 aromatic heterocycles. The zero-order valence-corrected chi connectivity index (χ0v) is 11.1. The third-order valence-electron chi connectivity index (χ3n) is 2.40. The van der Waals surface area contributed by atoms with Crippen molar-refractivity contribution in [3.05, 3.63) is 35.4 Å². The van der Waals surface area contributed by atoms with E-state index in [1.165, 1.54) is 6.07 Å². The van der Waals surface area contributed by atoms with Gasteiger partial charge in [0.2, 0.25) is 0 Å². The van der Waals surface area contributed by atoms with Crippen molar-refractivity contribution in [2.24, 2.45) is 5.92 Å². The van der Waals surface area contributed by atoms with Crippen LogP contribution >= 0.6 is 15.9 Å². The summed E-state index contributed by atoms with van der Waals surface area (Å²) in [5, 5.41) is 3.36. The Morgan fingerprint density at radius 1 is 1.41 bits per heavy atom. The number of benzene rings is 1. The number of halogens is 3. The molecule has 17 heavy (non-hydrogen) atoms. The fraction of sp³-hybridized carbons (Fsp3) is 0.417. The molecule has 0 aliphatic rings. The van der Waals surface area contributed by atoms with Crippen LogP contribution in [-0.2, 0) is 0 Å². The first-order valence-electron chi connectivity index (χ1n) is 5.34. The van der Waals surface area contributed by atoms with Crippen LogP contribution in [0.25, 0.3) is 0 Å². The minimum absolute atomic E-state index is 0.258. The van der Waals surface area contributed by atoms with Crippen LogP contribution in [0.5, 0.6) is 0 Å². The Morgan fingerprint density at radius 3 is 2.53 bits per heavy atom. The first-order valence-corrected chi connectivity index (χ1v) is 6.46. The molecule has 1 unspecified atom stereocenters. The van der Waals surface area contributed by atoms with Crippen molar-refractivity contribution in [1.82, 2.24) is 5.32 Å². The van der Waals surface area contributed by atoms with Gasteiger partial charge in [-0.25, -0.2) is 8.78 Å². The molecular formula is C12H14BrF2NO. The van der Waals surface area contributed by atoms with E-state index in [-0.39, 0.29) is 5.92 Å². The molecule has 0 aliphatic heterocycles. The molecule has 0 saturated carbocycles. The van der Waals surface area contributed by atoms with Gasteiger partial charge in [-0.2, -0.15) is 0 Å². The van der Waals surface area contributed by atoms with E-state index in [0.29, 0.717) is 6.54 Å². The summed E-state index contributed by atoms with van der Waals surface area (Å²) in [5.41, 5.74) is -0.515. The summed E-state index contributed by atoms with van der Waals surface area (Å²) < 4.78 is 26.5. The van der Waals surface area contributed by atoms with Crippen LogP contribution in [0.4, 0.5) is 8.78 Å². The highest BCUT2D eigenvalue weighted by Crippen LogP contribution is 2.12. The van der Waals surface area contributed by atoms with Crippen LogP contribution in [0.15, 0.2) is 18.2 Å². The molecule has 1 amide bonds. The van der Waals surface area contributed by atoms with Crippen molar-refractivity contribution in [2.45, 2.75) is 13.3 Å². The Hall–Kier alpha value is -0.970. The number of nitrogens with one attached hydrogen (secondary N) is 1. The molecule has 2 nitrogen and oxygen atoms in total. The highest BCUT2D eigenvalue weighted by molar-refractivity contribution is 9.09.